The van der Waals surface area contributed by atoms with Crippen molar-refractivity contribution in [3.05, 3.63) is 23.8 Å². The second-order valence-electron chi connectivity index (χ2n) is 8.08. The fourth-order valence-corrected chi connectivity index (χ4v) is 5.30. The third-order valence-corrected chi connectivity index (χ3v) is 7.15. The van der Waals surface area contributed by atoms with Gasteiger partial charge in [0.25, 0.3) is 0 Å². The fraction of sp³-hybridized carbons (Fsp3) is 0.650. The highest BCUT2D eigenvalue weighted by Crippen LogP contribution is 2.38. The van der Waals surface area contributed by atoms with E-state index >= 15 is 0 Å². The van der Waals surface area contributed by atoms with Crippen LogP contribution in [0.25, 0.3) is 0 Å². The Morgan fingerprint density at radius 1 is 1.21 bits per heavy atom. The van der Waals surface area contributed by atoms with E-state index in [1.807, 2.05) is 18.2 Å². The summed E-state index contributed by atoms with van der Waals surface area (Å²) in [5.74, 6) is 1.45. The number of oxime groups is 1. The van der Waals surface area contributed by atoms with Crippen molar-refractivity contribution in [3.8, 4) is 11.5 Å². The van der Waals surface area contributed by atoms with Gasteiger partial charge in [0, 0.05) is 18.5 Å². The molecule has 0 bridgehead atoms. The van der Waals surface area contributed by atoms with Crippen LogP contribution < -0.4 is 9.47 Å². The molecule has 7 nitrogen and oxygen atoms in total. The number of ether oxygens (including phenoxy) is 2. The number of methoxy groups -OCH3 is 1. The topological polar surface area (TPSA) is 77.4 Å². The predicted octanol–water partition coefficient (Wildman–Crippen LogP) is 2.94. The van der Waals surface area contributed by atoms with E-state index in [2.05, 4.69) is 5.16 Å². The van der Waals surface area contributed by atoms with Gasteiger partial charge in [-0.2, -0.15) is 4.31 Å². The Morgan fingerprint density at radius 2 is 2.00 bits per heavy atom. The van der Waals surface area contributed by atoms with Crippen LogP contribution in [0, 0.1) is 0 Å². The second-order valence-corrected chi connectivity index (χ2v) is 10.1. The summed E-state index contributed by atoms with van der Waals surface area (Å²) in [4.78, 5) is 5.81. The Labute approximate surface area is 166 Å². The first-order valence-electron chi connectivity index (χ1n) is 9.94. The maximum absolute atomic E-state index is 12.0. The summed E-state index contributed by atoms with van der Waals surface area (Å²) >= 11 is 0. The van der Waals surface area contributed by atoms with Crippen LogP contribution >= 0.6 is 0 Å². The van der Waals surface area contributed by atoms with E-state index in [0.29, 0.717) is 25.3 Å². The Kier molecular flexibility index (Phi) is 5.26. The molecule has 0 N–H and O–H groups in total. The van der Waals surface area contributed by atoms with Crippen molar-refractivity contribution in [2.45, 2.75) is 56.7 Å². The molecule has 1 spiro atoms. The van der Waals surface area contributed by atoms with Crippen LogP contribution in [0.15, 0.2) is 23.4 Å². The minimum absolute atomic E-state index is 0.235. The summed E-state index contributed by atoms with van der Waals surface area (Å²) < 4.78 is 37.1. The minimum atomic E-state index is -3.23. The van der Waals surface area contributed by atoms with Crippen LogP contribution in [0.1, 0.15) is 50.5 Å². The lowest BCUT2D eigenvalue weighted by Gasteiger charge is -2.36. The predicted molar refractivity (Wildman–Crippen MR) is 106 cm³/mol. The molecule has 1 atom stereocenters. The minimum Gasteiger partial charge on any atom is -0.493 e. The van der Waals surface area contributed by atoms with Gasteiger partial charge < -0.3 is 14.3 Å². The van der Waals surface area contributed by atoms with E-state index in [4.69, 9.17) is 14.3 Å². The number of hydrogen-bond donors (Lipinski definition) is 0. The highest BCUT2D eigenvalue weighted by atomic mass is 32.2. The molecule has 1 saturated carbocycles. The summed E-state index contributed by atoms with van der Waals surface area (Å²) in [5, 5.41) is 4.33. The van der Waals surface area contributed by atoms with Crippen molar-refractivity contribution in [2.75, 3.05) is 26.5 Å². The lowest BCUT2D eigenvalue weighted by Crippen LogP contribution is -2.50. The Bertz CT molecular complexity index is 863. The first kappa shape index (κ1) is 19.5. The monoisotopic (exact) mass is 408 g/mol. The summed E-state index contributed by atoms with van der Waals surface area (Å²) in [6, 6.07) is 5.82. The molecule has 28 heavy (non-hydrogen) atoms. The van der Waals surface area contributed by atoms with E-state index in [0.717, 1.165) is 42.7 Å². The summed E-state index contributed by atoms with van der Waals surface area (Å²) in [5.41, 5.74) is 1.19. The van der Waals surface area contributed by atoms with Crippen LogP contribution in [-0.2, 0) is 14.9 Å². The van der Waals surface area contributed by atoms with Gasteiger partial charge in [-0.25, -0.2) is 8.42 Å². The number of piperidine rings is 1. The standard InChI is InChI=1S/C20H28N2O5S/c1-25-18-9-8-15(12-19(18)26-16-6-3-4-7-16)17-13-20(27-21-17)10-5-11-22(14-20)28(2,23)24/h8-9,12,16H,3-7,10-11,13-14H2,1-2H3. The third-order valence-electron chi connectivity index (χ3n) is 5.91. The average molecular weight is 409 g/mol. The fourth-order valence-electron chi connectivity index (χ4n) is 4.37. The van der Waals surface area contributed by atoms with Crippen LogP contribution in [0.4, 0.5) is 0 Å². The molecule has 8 heteroatoms. The average Bonchev–Trinajstić information content (AvgIpc) is 3.32. The molecule has 1 aromatic rings. The first-order chi connectivity index (χ1) is 13.4. The van der Waals surface area contributed by atoms with Crippen molar-refractivity contribution >= 4 is 15.7 Å². The van der Waals surface area contributed by atoms with Crippen molar-refractivity contribution < 1.29 is 22.7 Å². The maximum atomic E-state index is 12.0. The van der Waals surface area contributed by atoms with Crippen LogP contribution in [0.5, 0.6) is 11.5 Å². The van der Waals surface area contributed by atoms with Crippen LogP contribution in [0.2, 0.25) is 0 Å². The molecule has 1 aromatic carbocycles. The zero-order valence-electron chi connectivity index (χ0n) is 16.5. The highest BCUT2D eigenvalue weighted by molar-refractivity contribution is 7.88. The van der Waals surface area contributed by atoms with Gasteiger partial charge in [0.05, 0.1) is 31.7 Å². The van der Waals surface area contributed by atoms with Crippen molar-refractivity contribution in [1.82, 2.24) is 4.31 Å². The second kappa shape index (κ2) is 7.55. The van der Waals surface area contributed by atoms with E-state index in [-0.39, 0.29) is 6.10 Å². The number of sulfonamides is 1. The molecule has 2 heterocycles. The normalized spacial score (nSPS) is 26.3. The molecule has 154 valence electrons. The smallest absolute Gasteiger partial charge is 0.211 e. The molecule has 1 aliphatic carbocycles. The van der Waals surface area contributed by atoms with Crippen molar-refractivity contribution in [3.63, 3.8) is 0 Å². The molecular weight excluding hydrogens is 380 g/mol. The van der Waals surface area contributed by atoms with Gasteiger partial charge in [0.2, 0.25) is 10.0 Å². The lowest BCUT2D eigenvalue weighted by molar-refractivity contribution is -0.0520. The quantitative estimate of drug-likeness (QED) is 0.749. The third kappa shape index (κ3) is 3.98. The zero-order chi connectivity index (χ0) is 19.8. The molecule has 3 aliphatic rings. The van der Waals surface area contributed by atoms with Gasteiger partial charge in [-0.3, -0.25) is 0 Å². The largest absolute Gasteiger partial charge is 0.493 e. The van der Waals surface area contributed by atoms with Crippen LogP contribution in [0.3, 0.4) is 0 Å². The molecule has 4 rings (SSSR count). The van der Waals surface area contributed by atoms with Crippen molar-refractivity contribution in [1.29, 1.82) is 0 Å². The van der Waals surface area contributed by atoms with Crippen molar-refractivity contribution in [2.24, 2.45) is 5.16 Å². The summed E-state index contributed by atoms with van der Waals surface area (Å²) in [6.45, 7) is 0.890. The molecular formula is C20H28N2O5S. The van der Waals surface area contributed by atoms with Gasteiger partial charge in [-0.1, -0.05) is 5.16 Å². The highest BCUT2D eigenvalue weighted by Gasteiger charge is 2.45. The number of nitrogens with zero attached hydrogens (tertiary/aromatic N) is 2. The molecule has 1 saturated heterocycles. The van der Waals surface area contributed by atoms with Gasteiger partial charge in [-0.15, -0.1) is 0 Å². The first-order valence-corrected chi connectivity index (χ1v) is 11.8. The van der Waals surface area contributed by atoms with Gasteiger partial charge in [0.1, 0.15) is 0 Å². The number of benzene rings is 1. The SMILES string of the molecule is COc1ccc(C2=NOC3(CCCN(S(C)(=O)=O)C3)C2)cc1OC1CCCC1. The molecule has 0 radical (unpaired) electrons. The Balaban J connectivity index is 1.52. The van der Waals surface area contributed by atoms with E-state index in [9.17, 15) is 8.42 Å². The number of hydrogen-bond acceptors (Lipinski definition) is 6. The summed E-state index contributed by atoms with van der Waals surface area (Å²) in [6.07, 6.45) is 8.19. The van der Waals surface area contributed by atoms with E-state index < -0.39 is 15.6 Å². The van der Waals surface area contributed by atoms with Gasteiger partial charge in [-0.05, 0) is 56.7 Å². The van der Waals surface area contributed by atoms with E-state index in [1.165, 1.54) is 23.4 Å². The van der Waals surface area contributed by atoms with Gasteiger partial charge >= 0.3 is 0 Å². The Hall–Kier alpha value is -1.80. The summed E-state index contributed by atoms with van der Waals surface area (Å²) in [7, 11) is -1.59. The molecule has 2 fully saturated rings. The molecule has 0 aromatic heterocycles. The zero-order valence-corrected chi connectivity index (χ0v) is 17.3. The maximum Gasteiger partial charge on any atom is 0.211 e. The molecule has 0 amide bonds. The van der Waals surface area contributed by atoms with Crippen LogP contribution in [-0.4, -0.2) is 56.6 Å². The lowest BCUT2D eigenvalue weighted by atomic mass is 9.87. The molecule has 1 unspecified atom stereocenters. The Morgan fingerprint density at radius 3 is 2.71 bits per heavy atom. The molecule has 2 aliphatic heterocycles. The number of rotatable bonds is 5. The van der Waals surface area contributed by atoms with E-state index in [1.54, 1.807) is 7.11 Å². The van der Waals surface area contributed by atoms with Gasteiger partial charge in [0.15, 0.2) is 17.1 Å².